The summed E-state index contributed by atoms with van der Waals surface area (Å²) in [5.41, 5.74) is -0.0165. The van der Waals surface area contributed by atoms with Gasteiger partial charge >= 0.3 is 0 Å². The zero-order chi connectivity index (χ0) is 19.8. The number of fused-ring (bicyclic) bond motifs is 1. The second-order valence-electron chi connectivity index (χ2n) is 6.75. The Kier molecular flexibility index (Phi) is 5.08. The van der Waals surface area contributed by atoms with Gasteiger partial charge in [-0.3, -0.25) is 14.5 Å². The molecule has 2 aromatic rings. The fraction of sp³-hybridized carbons (Fsp3) is 0.316. The molecule has 0 spiro atoms. The number of carbonyl (C=O) groups excluding carboxylic acids is 2. The van der Waals surface area contributed by atoms with E-state index in [9.17, 15) is 9.59 Å². The van der Waals surface area contributed by atoms with Gasteiger partial charge in [0.25, 0.3) is 5.91 Å². The molecular weight excluding hydrogens is 368 g/mol. The van der Waals surface area contributed by atoms with Gasteiger partial charge in [0.2, 0.25) is 11.8 Å². The van der Waals surface area contributed by atoms with E-state index < -0.39 is 5.60 Å². The summed E-state index contributed by atoms with van der Waals surface area (Å²) in [5, 5.41) is 6.11. The van der Waals surface area contributed by atoms with Crippen molar-refractivity contribution in [3.8, 4) is 5.88 Å². The molecule has 7 nitrogen and oxygen atoms in total. The van der Waals surface area contributed by atoms with Gasteiger partial charge in [-0.05, 0) is 58.2 Å². The highest BCUT2D eigenvalue weighted by atomic mass is 35.5. The molecule has 3 rings (SSSR count). The van der Waals surface area contributed by atoms with Gasteiger partial charge in [-0.25, -0.2) is 0 Å². The van der Waals surface area contributed by atoms with Crippen LogP contribution < -0.4 is 20.3 Å². The molecule has 142 valence electrons. The zero-order valence-corrected chi connectivity index (χ0v) is 16.3. The molecule has 8 heteroatoms. The van der Waals surface area contributed by atoms with Crippen molar-refractivity contribution in [2.75, 3.05) is 17.3 Å². The van der Waals surface area contributed by atoms with Crippen molar-refractivity contribution >= 4 is 40.6 Å². The Morgan fingerprint density at radius 1 is 1.30 bits per heavy atom. The van der Waals surface area contributed by atoms with Crippen LogP contribution in [0.2, 0.25) is 5.02 Å². The van der Waals surface area contributed by atoms with E-state index in [1.165, 1.54) is 4.90 Å². The maximum Gasteiger partial charge on any atom is 0.275 e. The number of nitrogens with zero attached hydrogens (tertiary/aromatic N) is 2. The van der Waals surface area contributed by atoms with Crippen molar-refractivity contribution < 1.29 is 14.3 Å². The topological polar surface area (TPSA) is 83.6 Å². The molecule has 1 atom stereocenters. The van der Waals surface area contributed by atoms with Gasteiger partial charge in [0, 0.05) is 5.02 Å². The summed E-state index contributed by atoms with van der Waals surface area (Å²) >= 11 is 6.10. The third-order valence-electron chi connectivity index (χ3n) is 4.30. The van der Waals surface area contributed by atoms with E-state index in [1.54, 1.807) is 64.2 Å². The van der Waals surface area contributed by atoms with Crippen LogP contribution in [0.3, 0.4) is 0 Å². The minimum absolute atomic E-state index is 0.220. The number of amides is 2. The molecule has 0 fully saturated rings. The SMILES string of the molecule is CNC(C)C(=O)Nc1ccc2c(n1)OC(C)(C)C(=O)N2c1cccc(Cl)c1. The highest BCUT2D eigenvalue weighted by Crippen LogP contribution is 2.41. The van der Waals surface area contributed by atoms with Crippen molar-refractivity contribution in [3.05, 3.63) is 41.4 Å². The average molecular weight is 389 g/mol. The lowest BCUT2D eigenvalue weighted by Crippen LogP contribution is -2.50. The lowest BCUT2D eigenvalue weighted by molar-refractivity contribution is -0.132. The molecule has 1 aliphatic rings. The predicted molar refractivity (Wildman–Crippen MR) is 105 cm³/mol. The van der Waals surface area contributed by atoms with Crippen LogP contribution in [0, 0.1) is 0 Å². The van der Waals surface area contributed by atoms with E-state index in [-0.39, 0.29) is 23.7 Å². The number of nitrogens with one attached hydrogen (secondary N) is 2. The van der Waals surface area contributed by atoms with Gasteiger partial charge in [-0.2, -0.15) is 4.98 Å². The first-order valence-electron chi connectivity index (χ1n) is 8.51. The molecule has 1 aliphatic heterocycles. The number of likely N-dealkylation sites (N-methyl/N-ethyl adjacent to an activating group) is 1. The molecule has 27 heavy (non-hydrogen) atoms. The number of aromatic nitrogens is 1. The second kappa shape index (κ2) is 7.17. The van der Waals surface area contributed by atoms with Gasteiger partial charge < -0.3 is 15.4 Å². The van der Waals surface area contributed by atoms with E-state index in [1.807, 2.05) is 0 Å². The first-order chi connectivity index (χ1) is 12.7. The molecule has 1 aromatic heterocycles. The van der Waals surface area contributed by atoms with Gasteiger partial charge in [-0.1, -0.05) is 17.7 Å². The summed E-state index contributed by atoms with van der Waals surface area (Å²) in [5.74, 6) is 0.147. The van der Waals surface area contributed by atoms with Gasteiger partial charge in [0.1, 0.15) is 11.5 Å². The van der Waals surface area contributed by atoms with Gasteiger partial charge in [-0.15, -0.1) is 0 Å². The Morgan fingerprint density at radius 3 is 2.70 bits per heavy atom. The summed E-state index contributed by atoms with van der Waals surface area (Å²) in [6, 6.07) is 9.95. The fourth-order valence-electron chi connectivity index (χ4n) is 2.65. The largest absolute Gasteiger partial charge is 0.460 e. The van der Waals surface area contributed by atoms with Crippen LogP contribution in [-0.4, -0.2) is 35.5 Å². The number of anilines is 3. The van der Waals surface area contributed by atoms with Crippen LogP contribution in [0.25, 0.3) is 0 Å². The highest BCUT2D eigenvalue weighted by Gasteiger charge is 2.42. The minimum atomic E-state index is -1.12. The predicted octanol–water partition coefficient (Wildman–Crippen LogP) is 3.12. The number of benzene rings is 1. The van der Waals surface area contributed by atoms with Crippen LogP contribution in [0.4, 0.5) is 17.2 Å². The molecule has 0 saturated carbocycles. The van der Waals surface area contributed by atoms with Crippen LogP contribution in [0.1, 0.15) is 20.8 Å². The van der Waals surface area contributed by atoms with Crippen LogP contribution in [0.15, 0.2) is 36.4 Å². The number of halogens is 1. The number of ether oxygens (including phenoxy) is 1. The smallest absolute Gasteiger partial charge is 0.275 e. The minimum Gasteiger partial charge on any atom is -0.460 e. The second-order valence-corrected chi connectivity index (χ2v) is 7.19. The lowest BCUT2D eigenvalue weighted by atomic mass is 10.0. The van der Waals surface area contributed by atoms with Crippen molar-refractivity contribution in [3.63, 3.8) is 0 Å². The van der Waals surface area contributed by atoms with Crippen molar-refractivity contribution in [1.82, 2.24) is 10.3 Å². The summed E-state index contributed by atoms with van der Waals surface area (Å²) in [4.78, 5) is 31.0. The molecule has 1 aromatic carbocycles. The number of hydrogen-bond acceptors (Lipinski definition) is 5. The van der Waals surface area contributed by atoms with Crippen molar-refractivity contribution in [2.45, 2.75) is 32.4 Å². The molecular formula is C19H21ClN4O3. The summed E-state index contributed by atoms with van der Waals surface area (Å²) < 4.78 is 5.82. The van der Waals surface area contributed by atoms with Crippen molar-refractivity contribution in [2.24, 2.45) is 0 Å². The van der Waals surface area contributed by atoms with Crippen LogP contribution >= 0.6 is 11.6 Å². The number of rotatable bonds is 4. The highest BCUT2D eigenvalue weighted by molar-refractivity contribution is 6.31. The summed E-state index contributed by atoms with van der Waals surface area (Å²) in [6.45, 7) is 5.09. The molecule has 2 N–H and O–H groups in total. The van der Waals surface area contributed by atoms with E-state index in [2.05, 4.69) is 15.6 Å². The quantitative estimate of drug-likeness (QED) is 0.840. The first-order valence-corrected chi connectivity index (χ1v) is 8.89. The number of pyridine rings is 1. The third kappa shape index (κ3) is 3.74. The van der Waals surface area contributed by atoms with Crippen molar-refractivity contribution in [1.29, 1.82) is 0 Å². The maximum atomic E-state index is 13.0. The summed E-state index contributed by atoms with van der Waals surface area (Å²) in [7, 11) is 1.70. The maximum absolute atomic E-state index is 13.0. The Bertz CT molecular complexity index is 900. The zero-order valence-electron chi connectivity index (χ0n) is 15.5. The molecule has 2 heterocycles. The van der Waals surface area contributed by atoms with E-state index in [4.69, 9.17) is 16.3 Å². The Labute approximate surface area is 162 Å². The normalized spacial score (nSPS) is 16.3. The molecule has 0 saturated heterocycles. The van der Waals surface area contributed by atoms with Crippen LogP contribution in [-0.2, 0) is 9.59 Å². The van der Waals surface area contributed by atoms with E-state index >= 15 is 0 Å². The van der Waals surface area contributed by atoms with Gasteiger partial charge in [0.15, 0.2) is 5.60 Å². The van der Waals surface area contributed by atoms with Crippen LogP contribution in [0.5, 0.6) is 5.88 Å². The number of carbonyl (C=O) groups is 2. The summed E-state index contributed by atoms with van der Waals surface area (Å²) in [6.07, 6.45) is 0. The van der Waals surface area contributed by atoms with E-state index in [0.29, 0.717) is 22.2 Å². The van der Waals surface area contributed by atoms with E-state index in [0.717, 1.165) is 0 Å². The monoisotopic (exact) mass is 388 g/mol. The third-order valence-corrected chi connectivity index (χ3v) is 4.53. The Balaban J connectivity index is 2.02. The molecule has 0 bridgehead atoms. The molecule has 1 unspecified atom stereocenters. The standard InChI is InChI=1S/C19H21ClN4O3/c1-11(21-4)16(25)22-15-9-8-14-17(23-15)27-19(2,3)18(26)24(14)13-7-5-6-12(20)10-13/h5-11,21H,1-4H3,(H,22,23,25). The fourth-order valence-corrected chi connectivity index (χ4v) is 2.83. The van der Waals surface area contributed by atoms with Gasteiger partial charge in [0.05, 0.1) is 11.7 Å². The Morgan fingerprint density at radius 2 is 2.04 bits per heavy atom. The molecule has 0 aliphatic carbocycles. The number of hydrogen-bond donors (Lipinski definition) is 2. The Hall–Kier alpha value is -2.64. The average Bonchev–Trinajstić information content (AvgIpc) is 2.61. The first kappa shape index (κ1) is 19.1. The lowest BCUT2D eigenvalue weighted by Gasteiger charge is -2.38. The molecule has 2 amide bonds. The molecule has 0 radical (unpaired) electrons.